The first-order valence-electron chi connectivity index (χ1n) is 25.8. The molecule has 9 N–H and O–H groups in total. The Labute approximate surface area is 381 Å². The van der Waals surface area contributed by atoms with Crippen molar-refractivity contribution < 1.29 is 64.6 Å². The number of aliphatic hydroxyl groups excluding tert-OH is 8. The Bertz CT molecular complexity index is 1070. The summed E-state index contributed by atoms with van der Waals surface area (Å²) in [7, 11) is 0. The number of aliphatic hydroxyl groups is 8. The van der Waals surface area contributed by atoms with E-state index >= 15 is 0 Å². The van der Waals surface area contributed by atoms with Gasteiger partial charge in [-0.25, -0.2) is 0 Å². The molecular formula is C49H95NO13. The van der Waals surface area contributed by atoms with Gasteiger partial charge in [-0.2, -0.15) is 0 Å². The molecule has 14 heteroatoms. The SMILES string of the molecule is CCCCCCCCCCCCCCCCCCCC(O)C(COC1OC(CO)C(OC2OC(CO)C(O)C(O)C2O)C(O)C1O)NC(=O)CCCCCCCCCCCCCC. The Morgan fingerprint density at radius 1 is 0.508 bits per heavy atom. The Balaban J connectivity index is 1.82. The summed E-state index contributed by atoms with van der Waals surface area (Å²) >= 11 is 0. The number of nitrogens with one attached hydrogen (secondary N) is 1. The predicted octanol–water partition coefficient (Wildman–Crippen LogP) is 6.61. The monoisotopic (exact) mass is 906 g/mol. The number of ether oxygens (including phenoxy) is 4. The third kappa shape index (κ3) is 24.5. The molecule has 0 aliphatic carbocycles. The van der Waals surface area contributed by atoms with Crippen LogP contribution in [0.15, 0.2) is 0 Å². The van der Waals surface area contributed by atoms with Crippen LogP contribution >= 0.6 is 0 Å². The summed E-state index contributed by atoms with van der Waals surface area (Å²) in [5.41, 5.74) is 0. The molecule has 12 unspecified atom stereocenters. The van der Waals surface area contributed by atoms with Crippen molar-refractivity contribution in [3.63, 3.8) is 0 Å². The maximum absolute atomic E-state index is 13.2. The second kappa shape index (κ2) is 37.0. The van der Waals surface area contributed by atoms with Crippen LogP contribution in [0.3, 0.4) is 0 Å². The molecule has 1 amide bonds. The van der Waals surface area contributed by atoms with E-state index in [2.05, 4.69) is 19.2 Å². The Hall–Kier alpha value is -1.01. The van der Waals surface area contributed by atoms with Gasteiger partial charge in [0, 0.05) is 6.42 Å². The molecule has 2 fully saturated rings. The first-order chi connectivity index (χ1) is 30.6. The van der Waals surface area contributed by atoms with Crippen LogP contribution in [0.1, 0.15) is 213 Å². The number of carbonyl (C=O) groups excluding carboxylic acids is 1. The van der Waals surface area contributed by atoms with Gasteiger partial charge in [-0.1, -0.05) is 194 Å². The van der Waals surface area contributed by atoms with Crippen LogP contribution in [-0.4, -0.2) is 140 Å². The molecule has 2 saturated heterocycles. The zero-order chi connectivity index (χ0) is 46.1. The van der Waals surface area contributed by atoms with Gasteiger partial charge in [0.25, 0.3) is 0 Å². The van der Waals surface area contributed by atoms with E-state index in [-0.39, 0.29) is 12.5 Å². The minimum atomic E-state index is -1.78. The highest BCUT2D eigenvalue weighted by molar-refractivity contribution is 5.76. The Morgan fingerprint density at radius 2 is 0.905 bits per heavy atom. The fraction of sp³-hybridized carbons (Fsp3) is 0.980. The highest BCUT2D eigenvalue weighted by Gasteiger charge is 2.51. The van der Waals surface area contributed by atoms with Crippen LogP contribution < -0.4 is 5.32 Å². The Kier molecular flexibility index (Phi) is 34.2. The maximum atomic E-state index is 13.2. The lowest BCUT2D eigenvalue weighted by Crippen LogP contribution is -2.65. The molecule has 0 saturated carbocycles. The number of rotatable bonds is 40. The van der Waals surface area contributed by atoms with Crippen LogP contribution in [0.5, 0.6) is 0 Å². The molecule has 0 aromatic rings. The first-order valence-corrected chi connectivity index (χ1v) is 25.8. The largest absolute Gasteiger partial charge is 0.394 e. The molecule has 14 nitrogen and oxygen atoms in total. The molecule has 2 aliphatic rings. The van der Waals surface area contributed by atoms with E-state index < -0.39 is 86.8 Å². The average molecular weight is 906 g/mol. The maximum Gasteiger partial charge on any atom is 0.220 e. The lowest BCUT2D eigenvalue weighted by molar-refractivity contribution is -0.359. The number of unbranched alkanes of at least 4 members (excludes halogenated alkanes) is 27. The molecule has 374 valence electrons. The van der Waals surface area contributed by atoms with E-state index in [1.54, 1.807) is 0 Å². The summed E-state index contributed by atoms with van der Waals surface area (Å²) in [6.45, 7) is 2.86. The van der Waals surface area contributed by atoms with E-state index in [0.29, 0.717) is 12.8 Å². The number of amides is 1. The van der Waals surface area contributed by atoms with Crippen molar-refractivity contribution in [1.82, 2.24) is 5.32 Å². The minimum absolute atomic E-state index is 0.205. The lowest BCUT2D eigenvalue weighted by atomic mass is 9.97. The molecule has 2 rings (SSSR count). The van der Waals surface area contributed by atoms with Crippen LogP contribution in [-0.2, 0) is 23.7 Å². The van der Waals surface area contributed by atoms with E-state index in [1.807, 2.05) is 0 Å². The van der Waals surface area contributed by atoms with Gasteiger partial charge in [-0.05, 0) is 12.8 Å². The normalized spacial score (nSPS) is 27.4. The average Bonchev–Trinajstić information content (AvgIpc) is 3.28. The molecular weight excluding hydrogens is 811 g/mol. The van der Waals surface area contributed by atoms with Crippen molar-refractivity contribution in [1.29, 1.82) is 0 Å². The smallest absolute Gasteiger partial charge is 0.220 e. The van der Waals surface area contributed by atoms with E-state index in [9.17, 15) is 45.6 Å². The van der Waals surface area contributed by atoms with Gasteiger partial charge in [-0.3, -0.25) is 4.79 Å². The predicted molar refractivity (Wildman–Crippen MR) is 245 cm³/mol. The quantitative estimate of drug-likeness (QED) is 0.0296. The zero-order valence-electron chi connectivity index (χ0n) is 39.6. The second-order valence-electron chi connectivity index (χ2n) is 18.7. The van der Waals surface area contributed by atoms with Gasteiger partial charge in [0.1, 0.15) is 48.8 Å². The molecule has 0 bridgehead atoms. The number of hydrogen-bond acceptors (Lipinski definition) is 13. The van der Waals surface area contributed by atoms with E-state index in [4.69, 9.17) is 18.9 Å². The van der Waals surface area contributed by atoms with Gasteiger partial charge in [0.2, 0.25) is 5.91 Å². The number of carbonyl (C=O) groups is 1. The summed E-state index contributed by atoms with van der Waals surface area (Å²) in [6.07, 6.45) is 19.6. The first kappa shape index (κ1) is 58.1. The summed E-state index contributed by atoms with van der Waals surface area (Å²) in [5, 5.41) is 86.9. The van der Waals surface area contributed by atoms with E-state index in [0.717, 1.165) is 51.4 Å². The third-order valence-corrected chi connectivity index (χ3v) is 13.1. The van der Waals surface area contributed by atoms with Crippen LogP contribution in [0.2, 0.25) is 0 Å². The Morgan fingerprint density at radius 3 is 1.35 bits per heavy atom. The third-order valence-electron chi connectivity index (χ3n) is 13.1. The molecule has 0 aromatic carbocycles. The fourth-order valence-electron chi connectivity index (χ4n) is 8.83. The molecule has 2 heterocycles. The molecule has 0 spiro atoms. The van der Waals surface area contributed by atoms with Crippen molar-refractivity contribution in [2.75, 3.05) is 19.8 Å². The standard InChI is InChI=1S/C49H95NO13/c1-3-5-7-9-11-13-15-17-18-19-20-21-22-24-26-28-30-32-38(53)37(50-41(54)33-31-29-27-25-23-16-14-12-10-8-6-4-2)36-60-48-46(59)44(57)47(40(35-52)62-48)63-49-45(58)43(56)42(55)39(34-51)61-49/h37-40,42-49,51-53,55-59H,3-36H2,1-2H3,(H,50,54). The molecule has 2 aliphatic heterocycles. The minimum Gasteiger partial charge on any atom is -0.394 e. The number of hydrogen-bond donors (Lipinski definition) is 9. The summed E-state index contributed by atoms with van der Waals surface area (Å²) < 4.78 is 22.7. The molecule has 12 atom stereocenters. The van der Waals surface area contributed by atoms with Gasteiger partial charge in [0.15, 0.2) is 12.6 Å². The van der Waals surface area contributed by atoms with Crippen LogP contribution in [0.4, 0.5) is 0 Å². The highest BCUT2D eigenvalue weighted by atomic mass is 16.7. The van der Waals surface area contributed by atoms with Crippen molar-refractivity contribution in [3.8, 4) is 0 Å². The van der Waals surface area contributed by atoms with Gasteiger partial charge < -0.3 is 65.1 Å². The van der Waals surface area contributed by atoms with Crippen molar-refractivity contribution in [2.45, 2.75) is 286 Å². The highest BCUT2D eigenvalue weighted by Crippen LogP contribution is 2.30. The topological polar surface area (TPSA) is 228 Å². The van der Waals surface area contributed by atoms with Gasteiger partial charge in [-0.15, -0.1) is 0 Å². The molecule has 63 heavy (non-hydrogen) atoms. The van der Waals surface area contributed by atoms with Crippen molar-refractivity contribution in [3.05, 3.63) is 0 Å². The lowest BCUT2D eigenvalue weighted by Gasteiger charge is -2.46. The van der Waals surface area contributed by atoms with Gasteiger partial charge in [0.05, 0.1) is 32.0 Å². The van der Waals surface area contributed by atoms with E-state index in [1.165, 1.54) is 135 Å². The van der Waals surface area contributed by atoms with Crippen LogP contribution in [0.25, 0.3) is 0 Å². The zero-order valence-corrected chi connectivity index (χ0v) is 39.6. The van der Waals surface area contributed by atoms with Gasteiger partial charge >= 0.3 is 0 Å². The summed E-state index contributed by atoms with van der Waals surface area (Å²) in [6, 6.07) is -0.820. The molecule has 0 radical (unpaired) electrons. The molecule has 0 aromatic heterocycles. The fourth-order valence-corrected chi connectivity index (χ4v) is 8.83. The van der Waals surface area contributed by atoms with Crippen molar-refractivity contribution in [2.24, 2.45) is 0 Å². The summed E-state index contributed by atoms with van der Waals surface area (Å²) in [4.78, 5) is 13.2. The second-order valence-corrected chi connectivity index (χ2v) is 18.7. The van der Waals surface area contributed by atoms with Crippen LogP contribution in [0, 0.1) is 0 Å². The van der Waals surface area contributed by atoms with Crippen molar-refractivity contribution >= 4 is 5.91 Å². The summed E-state index contributed by atoms with van der Waals surface area (Å²) in [5.74, 6) is -0.205.